The van der Waals surface area contributed by atoms with Gasteiger partial charge in [-0.3, -0.25) is 4.79 Å². The minimum absolute atomic E-state index is 0. The summed E-state index contributed by atoms with van der Waals surface area (Å²) < 4.78 is 16.3. The van der Waals surface area contributed by atoms with Crippen molar-refractivity contribution in [3.63, 3.8) is 0 Å². The maximum Gasteiger partial charge on any atom is 1.00 e. The molecule has 0 fully saturated rings. The molecule has 0 N–H and O–H groups in total. The van der Waals surface area contributed by atoms with E-state index in [1.54, 1.807) is 60.7 Å². The van der Waals surface area contributed by atoms with Gasteiger partial charge in [0.2, 0.25) is 0 Å². The number of ether oxygens (including phenoxy) is 3. The molecule has 0 radical (unpaired) electrons. The minimum atomic E-state index is -1.23. The average Bonchev–Trinajstić information content (AvgIpc) is 2.83. The van der Waals surface area contributed by atoms with Gasteiger partial charge in [0, 0.05) is 31.1 Å². The molecule has 0 aliphatic heterocycles. The van der Waals surface area contributed by atoms with E-state index in [4.69, 9.17) is 14.2 Å². The summed E-state index contributed by atoms with van der Waals surface area (Å²) in [6.45, 7) is 0.953. The van der Waals surface area contributed by atoms with Crippen LogP contribution in [0.3, 0.4) is 0 Å². The number of carboxylic acids is 1. The molecular formula is C26H25NaO6. The van der Waals surface area contributed by atoms with Crippen LogP contribution in [0.4, 0.5) is 0 Å². The Morgan fingerprint density at radius 3 is 1.82 bits per heavy atom. The van der Waals surface area contributed by atoms with Crippen LogP contribution in [-0.2, 0) is 16.0 Å². The van der Waals surface area contributed by atoms with Crippen LogP contribution in [0.2, 0.25) is 0 Å². The Morgan fingerprint density at radius 1 is 0.788 bits per heavy atom. The van der Waals surface area contributed by atoms with Crippen LogP contribution in [0.15, 0.2) is 78.9 Å². The maximum atomic E-state index is 12.4. The first-order chi connectivity index (χ1) is 15.6. The Hall–Kier alpha value is -2.64. The van der Waals surface area contributed by atoms with Crippen molar-refractivity contribution in [2.75, 3.05) is 20.3 Å². The van der Waals surface area contributed by atoms with E-state index >= 15 is 0 Å². The van der Waals surface area contributed by atoms with Gasteiger partial charge in [0.1, 0.15) is 17.6 Å². The topological polar surface area (TPSA) is 84.9 Å². The van der Waals surface area contributed by atoms with E-state index in [1.807, 2.05) is 18.2 Å². The molecule has 33 heavy (non-hydrogen) atoms. The van der Waals surface area contributed by atoms with Crippen molar-refractivity contribution in [1.82, 2.24) is 0 Å². The van der Waals surface area contributed by atoms with Crippen molar-refractivity contribution in [1.29, 1.82) is 0 Å². The zero-order valence-electron chi connectivity index (χ0n) is 18.9. The molecule has 0 amide bonds. The van der Waals surface area contributed by atoms with E-state index in [9.17, 15) is 14.7 Å². The van der Waals surface area contributed by atoms with Crippen LogP contribution in [-0.4, -0.2) is 38.2 Å². The Bertz CT molecular complexity index is 1000. The Labute approximate surface area is 215 Å². The number of carboxylic acid groups (broad SMARTS) is 1. The van der Waals surface area contributed by atoms with Crippen molar-refractivity contribution < 1.29 is 58.5 Å². The molecule has 3 aromatic carbocycles. The van der Waals surface area contributed by atoms with E-state index in [0.29, 0.717) is 42.3 Å². The van der Waals surface area contributed by atoms with Crippen molar-refractivity contribution in [2.24, 2.45) is 0 Å². The molecule has 3 rings (SSSR count). The molecule has 0 bridgehead atoms. The van der Waals surface area contributed by atoms with Crippen LogP contribution in [0, 0.1) is 0 Å². The van der Waals surface area contributed by atoms with Crippen LogP contribution in [0.25, 0.3) is 0 Å². The zero-order valence-corrected chi connectivity index (χ0v) is 20.9. The SMILES string of the molecule is CO[C@@H](Cc1ccc(OCCCOc2ccc(C(=O)c3ccccc3)cc2)cc1)C(=O)[O-].[Na+]. The second-order valence-corrected chi connectivity index (χ2v) is 7.16. The molecule has 1 atom stereocenters. The zero-order chi connectivity index (χ0) is 22.8. The van der Waals surface area contributed by atoms with Crippen LogP contribution in [0.1, 0.15) is 27.9 Å². The van der Waals surface area contributed by atoms with E-state index in [2.05, 4.69) is 0 Å². The van der Waals surface area contributed by atoms with Crippen LogP contribution in [0.5, 0.6) is 11.5 Å². The maximum absolute atomic E-state index is 12.4. The molecule has 0 heterocycles. The van der Waals surface area contributed by atoms with Gasteiger partial charge in [-0.25, -0.2) is 0 Å². The Kier molecular flexibility index (Phi) is 11.1. The van der Waals surface area contributed by atoms with Gasteiger partial charge in [-0.15, -0.1) is 0 Å². The standard InChI is InChI=1S/C26H26O6.Na/c1-30-24(26(28)29)18-19-8-12-22(13-9-19)31-16-5-17-32-23-14-10-21(11-15-23)25(27)20-6-3-2-4-7-20;/h2-4,6-15,24H,5,16-18H2,1H3,(H,28,29);/q;+1/p-1/t24-;/m0./s1. The molecule has 0 spiro atoms. The molecule has 0 saturated carbocycles. The Balaban J connectivity index is 0.00000385. The number of rotatable bonds is 12. The first kappa shape index (κ1) is 26.6. The summed E-state index contributed by atoms with van der Waals surface area (Å²) in [5.41, 5.74) is 2.10. The second-order valence-electron chi connectivity index (χ2n) is 7.16. The van der Waals surface area contributed by atoms with Crippen molar-refractivity contribution in [3.05, 3.63) is 95.6 Å². The summed E-state index contributed by atoms with van der Waals surface area (Å²) in [5.74, 6) is 0.138. The predicted molar refractivity (Wildman–Crippen MR) is 118 cm³/mol. The molecule has 166 valence electrons. The third kappa shape index (κ3) is 8.33. The summed E-state index contributed by atoms with van der Waals surface area (Å²) in [7, 11) is 1.35. The van der Waals surface area contributed by atoms with Crippen molar-refractivity contribution in [3.8, 4) is 11.5 Å². The smallest absolute Gasteiger partial charge is 0.547 e. The Morgan fingerprint density at radius 2 is 1.30 bits per heavy atom. The summed E-state index contributed by atoms with van der Waals surface area (Å²) in [5, 5.41) is 10.9. The van der Waals surface area contributed by atoms with E-state index in [-0.39, 0.29) is 41.8 Å². The molecule has 6 nitrogen and oxygen atoms in total. The molecule has 0 saturated heterocycles. The monoisotopic (exact) mass is 456 g/mol. The van der Waals surface area contributed by atoms with Crippen molar-refractivity contribution in [2.45, 2.75) is 18.9 Å². The molecule has 0 aromatic heterocycles. The normalized spacial score (nSPS) is 11.2. The van der Waals surface area contributed by atoms with E-state index in [0.717, 1.165) is 5.56 Å². The quantitative estimate of drug-likeness (QED) is 0.218. The van der Waals surface area contributed by atoms with Crippen molar-refractivity contribution >= 4 is 11.8 Å². The number of benzene rings is 3. The number of carbonyl (C=O) groups excluding carboxylic acids is 2. The number of carbonyl (C=O) groups is 2. The molecule has 7 heteroatoms. The van der Waals surface area contributed by atoms with Gasteiger partial charge >= 0.3 is 29.6 Å². The fraction of sp³-hybridized carbons (Fsp3) is 0.231. The number of hydrogen-bond acceptors (Lipinski definition) is 6. The fourth-order valence-corrected chi connectivity index (χ4v) is 3.10. The molecule has 0 aliphatic rings. The third-order valence-electron chi connectivity index (χ3n) is 4.87. The average molecular weight is 456 g/mol. The largest absolute Gasteiger partial charge is 1.00 e. The fourth-order valence-electron chi connectivity index (χ4n) is 3.10. The summed E-state index contributed by atoms with van der Waals surface area (Å²) in [4.78, 5) is 23.3. The second kappa shape index (κ2) is 13.8. The minimum Gasteiger partial charge on any atom is -0.547 e. The van der Waals surface area contributed by atoms with E-state index in [1.165, 1.54) is 7.11 Å². The van der Waals surface area contributed by atoms with Gasteiger partial charge in [-0.05, 0) is 42.0 Å². The molecule has 0 aliphatic carbocycles. The van der Waals surface area contributed by atoms with E-state index < -0.39 is 12.1 Å². The number of ketones is 1. The number of methoxy groups -OCH3 is 1. The van der Waals surface area contributed by atoms with Gasteiger partial charge in [-0.1, -0.05) is 42.5 Å². The van der Waals surface area contributed by atoms with Gasteiger partial charge in [0.05, 0.1) is 19.2 Å². The van der Waals surface area contributed by atoms with Gasteiger partial charge in [0.15, 0.2) is 5.78 Å². The van der Waals surface area contributed by atoms with Gasteiger partial charge < -0.3 is 24.1 Å². The first-order valence-corrected chi connectivity index (χ1v) is 10.3. The van der Waals surface area contributed by atoms with Gasteiger partial charge in [-0.2, -0.15) is 0 Å². The number of aliphatic carboxylic acids is 1. The third-order valence-corrected chi connectivity index (χ3v) is 4.87. The van der Waals surface area contributed by atoms with Crippen LogP contribution < -0.4 is 44.1 Å². The molecule has 0 unspecified atom stereocenters. The summed E-state index contributed by atoms with van der Waals surface area (Å²) in [6.07, 6.45) is -0.0459. The summed E-state index contributed by atoms with van der Waals surface area (Å²) >= 11 is 0. The number of hydrogen-bond donors (Lipinski definition) is 0. The first-order valence-electron chi connectivity index (χ1n) is 10.3. The van der Waals surface area contributed by atoms with Gasteiger partial charge in [0.25, 0.3) is 0 Å². The molecule has 3 aromatic rings. The summed E-state index contributed by atoms with van der Waals surface area (Å²) in [6, 6.07) is 23.4. The van der Waals surface area contributed by atoms with Crippen LogP contribution >= 0.6 is 0 Å². The predicted octanol–water partition coefficient (Wildman–Crippen LogP) is 0.0769. The molecular weight excluding hydrogens is 431 g/mol.